The second-order valence-electron chi connectivity index (χ2n) is 7.00. The highest BCUT2D eigenvalue weighted by Gasteiger charge is 2.20. The number of benzene rings is 1. The van der Waals surface area contributed by atoms with Gasteiger partial charge in [-0.1, -0.05) is 6.07 Å². The van der Waals surface area contributed by atoms with E-state index in [1.807, 2.05) is 0 Å². The number of hydrogen-bond donors (Lipinski definition) is 2. The summed E-state index contributed by atoms with van der Waals surface area (Å²) in [4.78, 5) is 43.6. The van der Waals surface area contributed by atoms with Gasteiger partial charge in [0.1, 0.15) is 11.2 Å². The number of pyridine rings is 1. The Morgan fingerprint density at radius 1 is 1.07 bits per heavy atom. The van der Waals surface area contributed by atoms with Crippen molar-refractivity contribution in [3.63, 3.8) is 0 Å². The number of rotatable bonds is 4. The number of primary amides is 1. The largest absolute Gasteiger partial charge is 0.370 e. The number of carbonyl (C=O) groups excluding carboxylic acids is 2. The minimum Gasteiger partial charge on any atom is -0.370 e. The van der Waals surface area contributed by atoms with Crippen LogP contribution in [-0.4, -0.2) is 34.3 Å². The summed E-state index contributed by atoms with van der Waals surface area (Å²) >= 11 is 0. The Morgan fingerprint density at radius 2 is 1.86 bits per heavy atom. The minimum atomic E-state index is -0.585. The molecule has 0 saturated carbocycles. The molecule has 1 aliphatic heterocycles. The van der Waals surface area contributed by atoms with Crippen LogP contribution < -0.4 is 21.5 Å². The lowest BCUT2D eigenvalue weighted by Crippen LogP contribution is -2.31. The van der Waals surface area contributed by atoms with Gasteiger partial charge in [0, 0.05) is 31.0 Å². The van der Waals surface area contributed by atoms with Gasteiger partial charge in [-0.2, -0.15) is 0 Å². The summed E-state index contributed by atoms with van der Waals surface area (Å²) in [7, 11) is 0. The fraction of sp³-hybridized carbons (Fsp3) is 0.238. The molecule has 0 atom stereocenters. The maximum atomic E-state index is 12.9. The van der Waals surface area contributed by atoms with Crippen LogP contribution >= 0.6 is 0 Å². The number of aromatic nitrogens is 2. The molecule has 0 spiro atoms. The summed E-state index contributed by atoms with van der Waals surface area (Å²) in [6, 6.07) is 10.1. The van der Waals surface area contributed by atoms with Crippen LogP contribution in [0.15, 0.2) is 53.6 Å². The molecule has 1 aromatic carbocycles. The highest BCUT2D eigenvalue weighted by molar-refractivity contribution is 6.06. The van der Waals surface area contributed by atoms with Crippen LogP contribution in [-0.2, 0) is 0 Å². The standard InChI is InChI=1S/C21H21N5O3/c22-19(27)14-7-8-17(25-9-3-1-4-10-25)16(12-14)24-20(28)15-13-23-18-6-2-5-11-26(18)21(15)29/h2,5-8,11-13H,1,3-4,9-10H2,(H2,22,27)(H,24,28). The Kier molecular flexibility index (Phi) is 4.99. The molecule has 0 aliphatic carbocycles. The van der Waals surface area contributed by atoms with E-state index in [1.165, 1.54) is 10.6 Å². The van der Waals surface area contributed by atoms with Crippen molar-refractivity contribution >= 4 is 28.8 Å². The summed E-state index contributed by atoms with van der Waals surface area (Å²) in [6.45, 7) is 1.72. The topological polar surface area (TPSA) is 110 Å². The average molecular weight is 391 g/mol. The van der Waals surface area contributed by atoms with Gasteiger partial charge < -0.3 is 16.0 Å². The van der Waals surface area contributed by atoms with E-state index in [0.29, 0.717) is 11.3 Å². The normalized spacial score (nSPS) is 14.0. The van der Waals surface area contributed by atoms with E-state index in [2.05, 4.69) is 15.2 Å². The predicted molar refractivity (Wildman–Crippen MR) is 110 cm³/mol. The number of fused-ring (bicyclic) bond motifs is 1. The number of piperidine rings is 1. The molecular formula is C21H21N5O3. The lowest BCUT2D eigenvalue weighted by atomic mass is 10.1. The summed E-state index contributed by atoms with van der Waals surface area (Å²) in [6.07, 6.45) is 6.11. The monoisotopic (exact) mass is 391 g/mol. The van der Waals surface area contributed by atoms with E-state index in [9.17, 15) is 14.4 Å². The Morgan fingerprint density at radius 3 is 2.62 bits per heavy atom. The van der Waals surface area contributed by atoms with Crippen molar-refractivity contribution in [2.45, 2.75) is 19.3 Å². The second-order valence-corrected chi connectivity index (χ2v) is 7.00. The van der Waals surface area contributed by atoms with Crippen molar-refractivity contribution in [1.29, 1.82) is 0 Å². The highest BCUT2D eigenvalue weighted by Crippen LogP contribution is 2.30. The van der Waals surface area contributed by atoms with Gasteiger partial charge in [-0.3, -0.25) is 18.8 Å². The molecule has 0 unspecified atom stereocenters. The van der Waals surface area contributed by atoms with Crippen LogP contribution in [0.25, 0.3) is 5.65 Å². The van der Waals surface area contributed by atoms with Crippen molar-refractivity contribution in [1.82, 2.24) is 9.38 Å². The zero-order valence-electron chi connectivity index (χ0n) is 15.8. The maximum absolute atomic E-state index is 12.9. The van der Waals surface area contributed by atoms with Gasteiger partial charge in [-0.05, 0) is 49.6 Å². The first-order valence-electron chi connectivity index (χ1n) is 9.51. The SMILES string of the molecule is NC(=O)c1ccc(N2CCCCC2)c(NC(=O)c2cnc3ccccn3c2=O)c1. The van der Waals surface area contributed by atoms with Crippen molar-refractivity contribution in [2.24, 2.45) is 5.73 Å². The molecule has 8 heteroatoms. The third-order valence-corrected chi connectivity index (χ3v) is 5.08. The third kappa shape index (κ3) is 3.69. The Bertz CT molecular complexity index is 1150. The van der Waals surface area contributed by atoms with Gasteiger partial charge in [0.15, 0.2) is 0 Å². The number of nitrogens with two attached hydrogens (primary N) is 1. The fourth-order valence-electron chi connectivity index (χ4n) is 3.57. The first-order valence-corrected chi connectivity index (χ1v) is 9.51. The van der Waals surface area contributed by atoms with Crippen molar-refractivity contribution in [2.75, 3.05) is 23.3 Å². The molecule has 3 heterocycles. The van der Waals surface area contributed by atoms with Gasteiger partial charge in [-0.25, -0.2) is 4.98 Å². The molecule has 3 aromatic rings. The molecule has 2 amide bonds. The Balaban J connectivity index is 1.71. The van der Waals surface area contributed by atoms with Crippen LogP contribution in [0.4, 0.5) is 11.4 Å². The minimum absolute atomic E-state index is 0.0808. The zero-order valence-corrected chi connectivity index (χ0v) is 15.8. The van der Waals surface area contributed by atoms with E-state index in [1.54, 1.807) is 42.6 Å². The van der Waals surface area contributed by atoms with Gasteiger partial charge in [0.05, 0.1) is 11.4 Å². The molecule has 4 rings (SSSR count). The van der Waals surface area contributed by atoms with E-state index >= 15 is 0 Å². The van der Waals surface area contributed by atoms with Crippen LogP contribution in [0.2, 0.25) is 0 Å². The predicted octanol–water partition coefficient (Wildman–Crippen LogP) is 2.04. The maximum Gasteiger partial charge on any atom is 0.270 e. The zero-order chi connectivity index (χ0) is 20.4. The summed E-state index contributed by atoms with van der Waals surface area (Å²) in [5.74, 6) is -1.17. The summed E-state index contributed by atoms with van der Waals surface area (Å²) < 4.78 is 1.32. The first kappa shape index (κ1) is 18.7. The molecule has 8 nitrogen and oxygen atoms in total. The number of anilines is 2. The number of amides is 2. The van der Waals surface area contributed by atoms with Gasteiger partial charge in [0.25, 0.3) is 11.5 Å². The Hall–Kier alpha value is -3.68. The van der Waals surface area contributed by atoms with Crippen LogP contribution in [0, 0.1) is 0 Å². The fourth-order valence-corrected chi connectivity index (χ4v) is 3.57. The van der Waals surface area contributed by atoms with Crippen molar-refractivity contribution in [3.8, 4) is 0 Å². The molecule has 1 saturated heterocycles. The van der Waals surface area contributed by atoms with Crippen molar-refractivity contribution in [3.05, 3.63) is 70.3 Å². The number of hydrogen-bond acceptors (Lipinski definition) is 5. The van der Waals surface area contributed by atoms with Gasteiger partial charge in [0.2, 0.25) is 5.91 Å². The van der Waals surface area contributed by atoms with E-state index in [-0.39, 0.29) is 11.1 Å². The molecule has 1 fully saturated rings. The number of carbonyl (C=O) groups is 2. The Labute approximate surface area is 167 Å². The molecule has 1 aliphatic rings. The van der Waals surface area contributed by atoms with E-state index in [0.717, 1.165) is 38.0 Å². The van der Waals surface area contributed by atoms with Crippen LogP contribution in [0.5, 0.6) is 0 Å². The quantitative estimate of drug-likeness (QED) is 0.707. The third-order valence-electron chi connectivity index (χ3n) is 5.08. The second kappa shape index (κ2) is 7.75. The smallest absolute Gasteiger partial charge is 0.270 e. The molecule has 2 aromatic heterocycles. The molecule has 0 bridgehead atoms. The molecule has 0 radical (unpaired) electrons. The van der Waals surface area contributed by atoms with Crippen molar-refractivity contribution < 1.29 is 9.59 Å². The van der Waals surface area contributed by atoms with Gasteiger partial charge >= 0.3 is 0 Å². The average Bonchev–Trinajstić information content (AvgIpc) is 2.74. The molecule has 3 N–H and O–H groups in total. The number of nitrogens with one attached hydrogen (secondary N) is 1. The number of nitrogens with zero attached hydrogens (tertiary/aromatic N) is 3. The first-order chi connectivity index (χ1) is 14.0. The summed E-state index contributed by atoms with van der Waals surface area (Å²) in [5, 5.41) is 2.78. The lowest BCUT2D eigenvalue weighted by Gasteiger charge is -2.30. The van der Waals surface area contributed by atoms with Gasteiger partial charge in [-0.15, -0.1) is 0 Å². The van der Waals surface area contributed by atoms with E-state index in [4.69, 9.17) is 5.73 Å². The van der Waals surface area contributed by atoms with Crippen LogP contribution in [0.3, 0.4) is 0 Å². The van der Waals surface area contributed by atoms with E-state index < -0.39 is 17.4 Å². The highest BCUT2D eigenvalue weighted by atomic mass is 16.2. The molecule has 29 heavy (non-hydrogen) atoms. The molecule has 148 valence electrons. The molecular weight excluding hydrogens is 370 g/mol. The van der Waals surface area contributed by atoms with Crippen LogP contribution in [0.1, 0.15) is 40.0 Å². The lowest BCUT2D eigenvalue weighted by molar-refractivity contribution is 0.0996. The summed E-state index contributed by atoms with van der Waals surface area (Å²) in [5.41, 5.74) is 6.87.